The third-order valence-corrected chi connectivity index (χ3v) is 4.18. The molecule has 0 unspecified atom stereocenters. The van der Waals surface area contributed by atoms with E-state index in [4.69, 9.17) is 9.05 Å². The summed E-state index contributed by atoms with van der Waals surface area (Å²) in [5.74, 6) is 0. The first-order valence-electron chi connectivity index (χ1n) is 5.50. The summed E-state index contributed by atoms with van der Waals surface area (Å²) in [6.45, 7) is 6.31. The molecule has 0 aliphatic carbocycles. The van der Waals surface area contributed by atoms with Gasteiger partial charge in [0.25, 0.3) is 0 Å². The van der Waals surface area contributed by atoms with Crippen LogP contribution in [0, 0.1) is 0 Å². The van der Waals surface area contributed by atoms with Gasteiger partial charge in [-0.15, -0.1) is 0 Å². The second-order valence-corrected chi connectivity index (χ2v) is 5.22. The fourth-order valence-corrected chi connectivity index (χ4v) is 2.82. The Bertz CT molecular complexity index is 354. The number of nitrogens with zero attached hydrogens (tertiary/aromatic N) is 1. The molecule has 0 saturated carbocycles. The van der Waals surface area contributed by atoms with Gasteiger partial charge in [-0.1, -0.05) is 6.92 Å². The first-order valence-corrected chi connectivity index (χ1v) is 7.05. The highest BCUT2D eigenvalue weighted by atomic mass is 31.2. The van der Waals surface area contributed by atoms with Crippen LogP contribution >= 0.6 is 7.60 Å². The van der Waals surface area contributed by atoms with Gasteiger partial charge in [0, 0.05) is 11.9 Å². The van der Waals surface area contributed by atoms with Crippen LogP contribution in [0.15, 0.2) is 18.3 Å². The van der Waals surface area contributed by atoms with Crippen molar-refractivity contribution in [3.63, 3.8) is 0 Å². The minimum absolute atomic E-state index is 0.354. The molecule has 0 fully saturated rings. The van der Waals surface area contributed by atoms with Crippen molar-refractivity contribution in [2.24, 2.45) is 0 Å². The summed E-state index contributed by atoms with van der Waals surface area (Å²) in [6, 6.07) is 3.61. The predicted molar refractivity (Wildman–Crippen MR) is 64.1 cm³/mol. The molecule has 1 aromatic rings. The van der Waals surface area contributed by atoms with Crippen LogP contribution in [-0.2, 0) is 20.0 Å². The molecule has 5 heteroatoms. The summed E-state index contributed by atoms with van der Waals surface area (Å²) in [5, 5.41) is 0.522. The Balaban J connectivity index is 2.96. The van der Waals surface area contributed by atoms with E-state index in [-0.39, 0.29) is 0 Å². The average Bonchev–Trinajstić information content (AvgIpc) is 2.30. The summed E-state index contributed by atoms with van der Waals surface area (Å²) in [5.41, 5.74) is 0.961. The lowest BCUT2D eigenvalue weighted by atomic mass is 10.3. The van der Waals surface area contributed by atoms with E-state index in [1.54, 1.807) is 26.1 Å². The summed E-state index contributed by atoms with van der Waals surface area (Å²) < 4.78 is 22.8. The zero-order chi connectivity index (χ0) is 12.0. The normalized spacial score (nSPS) is 11.7. The van der Waals surface area contributed by atoms with E-state index in [9.17, 15) is 4.57 Å². The van der Waals surface area contributed by atoms with Gasteiger partial charge in [-0.3, -0.25) is 9.55 Å². The third-order valence-electron chi connectivity index (χ3n) is 2.09. The molecule has 0 aliphatic rings. The molecular formula is C11H18NO3P. The standard InChI is InChI=1S/C11H18NO3P/c1-4-10-7-8-11(9-12-10)16(13,14-5-2)15-6-3/h7-9H,4-6H2,1-3H3. The largest absolute Gasteiger partial charge is 0.362 e. The molecule has 0 bridgehead atoms. The van der Waals surface area contributed by atoms with Crippen LogP contribution in [0.3, 0.4) is 0 Å². The number of aryl methyl sites for hydroxylation is 1. The van der Waals surface area contributed by atoms with E-state index >= 15 is 0 Å². The maximum Gasteiger partial charge on any atom is 0.362 e. The fraction of sp³-hybridized carbons (Fsp3) is 0.545. The maximum atomic E-state index is 12.3. The van der Waals surface area contributed by atoms with Crippen LogP contribution in [-0.4, -0.2) is 18.2 Å². The molecular weight excluding hydrogens is 225 g/mol. The van der Waals surface area contributed by atoms with Crippen LogP contribution in [0.2, 0.25) is 0 Å². The first kappa shape index (κ1) is 13.4. The van der Waals surface area contributed by atoms with Gasteiger partial charge in [-0.05, 0) is 32.4 Å². The van der Waals surface area contributed by atoms with E-state index in [1.807, 2.05) is 13.0 Å². The number of rotatable bonds is 6. The lowest BCUT2D eigenvalue weighted by molar-refractivity contribution is 0.230. The van der Waals surface area contributed by atoms with Gasteiger partial charge in [0.2, 0.25) is 0 Å². The molecule has 0 spiro atoms. The Morgan fingerprint density at radius 2 is 1.81 bits per heavy atom. The molecule has 0 N–H and O–H groups in total. The Labute approximate surface area is 96.5 Å². The first-order chi connectivity index (χ1) is 7.66. The van der Waals surface area contributed by atoms with Gasteiger partial charge < -0.3 is 9.05 Å². The minimum Gasteiger partial charge on any atom is -0.305 e. The van der Waals surface area contributed by atoms with Crippen molar-refractivity contribution in [1.29, 1.82) is 0 Å². The number of hydrogen-bond acceptors (Lipinski definition) is 4. The second kappa shape index (κ2) is 6.14. The SMILES string of the molecule is CCOP(=O)(OCC)c1ccc(CC)nc1. The van der Waals surface area contributed by atoms with Crippen molar-refractivity contribution < 1.29 is 13.6 Å². The smallest absolute Gasteiger partial charge is 0.305 e. The quantitative estimate of drug-likeness (QED) is 0.720. The molecule has 0 aromatic carbocycles. The van der Waals surface area contributed by atoms with Gasteiger partial charge in [0.1, 0.15) is 0 Å². The lowest BCUT2D eigenvalue weighted by Crippen LogP contribution is -2.11. The van der Waals surface area contributed by atoms with E-state index < -0.39 is 7.60 Å². The second-order valence-electron chi connectivity index (χ2n) is 3.19. The van der Waals surface area contributed by atoms with Crippen molar-refractivity contribution in [3.05, 3.63) is 24.0 Å². The topological polar surface area (TPSA) is 48.4 Å². The van der Waals surface area contributed by atoms with Gasteiger partial charge in [0.15, 0.2) is 0 Å². The Morgan fingerprint density at radius 3 is 2.19 bits per heavy atom. The molecule has 0 atom stereocenters. The lowest BCUT2D eigenvalue weighted by Gasteiger charge is -2.16. The molecule has 0 radical (unpaired) electrons. The van der Waals surface area contributed by atoms with Crippen LogP contribution in [0.1, 0.15) is 26.5 Å². The summed E-state index contributed by atoms with van der Waals surface area (Å²) in [4.78, 5) is 4.20. The van der Waals surface area contributed by atoms with Crippen molar-refractivity contribution in [2.75, 3.05) is 13.2 Å². The number of pyridine rings is 1. The molecule has 1 heterocycles. The molecule has 1 rings (SSSR count). The predicted octanol–water partition coefficient (Wildman–Crippen LogP) is 2.54. The summed E-state index contributed by atoms with van der Waals surface area (Å²) in [6.07, 6.45) is 2.43. The Hall–Kier alpha value is -0.700. The molecule has 1 aromatic heterocycles. The van der Waals surface area contributed by atoms with Crippen LogP contribution in [0.4, 0.5) is 0 Å². The molecule has 0 aliphatic heterocycles. The fourth-order valence-electron chi connectivity index (χ4n) is 1.31. The van der Waals surface area contributed by atoms with Crippen LogP contribution < -0.4 is 5.30 Å². The zero-order valence-corrected chi connectivity index (χ0v) is 10.9. The number of hydrogen-bond donors (Lipinski definition) is 0. The zero-order valence-electron chi connectivity index (χ0n) is 9.97. The minimum atomic E-state index is -3.16. The van der Waals surface area contributed by atoms with E-state index in [1.165, 1.54) is 0 Å². The molecule has 16 heavy (non-hydrogen) atoms. The highest BCUT2D eigenvalue weighted by Gasteiger charge is 2.26. The Morgan fingerprint density at radius 1 is 1.19 bits per heavy atom. The maximum absolute atomic E-state index is 12.3. The van der Waals surface area contributed by atoms with Gasteiger partial charge >= 0.3 is 7.60 Å². The summed E-state index contributed by atoms with van der Waals surface area (Å²) >= 11 is 0. The molecule has 0 amide bonds. The monoisotopic (exact) mass is 243 g/mol. The van der Waals surface area contributed by atoms with E-state index in [0.717, 1.165) is 12.1 Å². The van der Waals surface area contributed by atoms with Gasteiger partial charge in [-0.25, -0.2) is 0 Å². The van der Waals surface area contributed by atoms with Gasteiger partial charge in [0.05, 0.1) is 18.5 Å². The third kappa shape index (κ3) is 3.14. The summed E-state index contributed by atoms with van der Waals surface area (Å²) in [7, 11) is -3.16. The van der Waals surface area contributed by atoms with E-state index in [0.29, 0.717) is 18.5 Å². The van der Waals surface area contributed by atoms with Crippen molar-refractivity contribution in [2.45, 2.75) is 27.2 Å². The van der Waals surface area contributed by atoms with Crippen LogP contribution in [0.25, 0.3) is 0 Å². The molecule has 4 nitrogen and oxygen atoms in total. The van der Waals surface area contributed by atoms with Gasteiger partial charge in [-0.2, -0.15) is 0 Å². The van der Waals surface area contributed by atoms with Crippen LogP contribution in [0.5, 0.6) is 0 Å². The highest BCUT2D eigenvalue weighted by Crippen LogP contribution is 2.46. The average molecular weight is 243 g/mol. The number of aromatic nitrogens is 1. The van der Waals surface area contributed by atoms with Crippen molar-refractivity contribution in [3.8, 4) is 0 Å². The van der Waals surface area contributed by atoms with Crippen molar-refractivity contribution >= 4 is 12.9 Å². The highest BCUT2D eigenvalue weighted by molar-refractivity contribution is 7.62. The van der Waals surface area contributed by atoms with E-state index in [2.05, 4.69) is 4.98 Å². The van der Waals surface area contributed by atoms with Crippen molar-refractivity contribution in [1.82, 2.24) is 4.98 Å². The molecule has 90 valence electrons. The Kier molecular flexibility index (Phi) is 5.13. The molecule has 0 saturated heterocycles.